The molecule has 0 unspecified atom stereocenters. The van der Waals surface area contributed by atoms with Gasteiger partial charge in [0.15, 0.2) is 0 Å². The largest absolute Gasteiger partial charge is 0.0991 e. The predicted molar refractivity (Wildman–Crippen MR) is 127 cm³/mol. The third-order valence-corrected chi connectivity index (χ3v) is 6.38. The average molecular weight is 462 g/mol. The van der Waals surface area contributed by atoms with Crippen LogP contribution in [0.25, 0.3) is 27.5 Å². The van der Waals surface area contributed by atoms with E-state index in [-0.39, 0.29) is 5.41 Å². The second-order valence-electron chi connectivity index (χ2n) is 7.73. The average Bonchev–Trinajstić information content (AvgIpc) is 2.85. The summed E-state index contributed by atoms with van der Waals surface area (Å²) in [4.78, 5) is 0. The Hall–Kier alpha value is -2.13. The van der Waals surface area contributed by atoms with E-state index >= 15 is 0 Å². The van der Waals surface area contributed by atoms with E-state index in [4.69, 9.17) is 0 Å². The molecular formula is C26H23I. The van der Waals surface area contributed by atoms with Gasteiger partial charge in [0.2, 0.25) is 0 Å². The van der Waals surface area contributed by atoms with Crippen LogP contribution >= 0.6 is 22.6 Å². The molecule has 3 aromatic rings. The minimum atomic E-state index is 0.00188. The highest BCUT2D eigenvalue weighted by molar-refractivity contribution is 14.1. The summed E-state index contributed by atoms with van der Waals surface area (Å²) in [6, 6.07) is 20.3. The standard InChI is InChI=1S/C26H23I/c1-5-6-7-24-17(2)23-13-11-21(16-25(23)26(24,3)4)18-8-9-20-15-22(27)12-10-19(20)14-18/h5-16H,1H2,2-4H3/b7-6-. The first kappa shape index (κ1) is 18.2. The highest BCUT2D eigenvalue weighted by Crippen LogP contribution is 2.47. The second kappa shape index (κ2) is 6.79. The number of rotatable bonds is 3. The van der Waals surface area contributed by atoms with Crippen LogP contribution in [0.3, 0.4) is 0 Å². The lowest BCUT2D eigenvalue weighted by molar-refractivity contribution is 0.654. The van der Waals surface area contributed by atoms with Gasteiger partial charge in [-0.05, 0) is 98.0 Å². The van der Waals surface area contributed by atoms with E-state index in [1.54, 1.807) is 0 Å². The molecule has 1 aliphatic carbocycles. The van der Waals surface area contributed by atoms with Gasteiger partial charge >= 0.3 is 0 Å². The fourth-order valence-corrected chi connectivity index (χ4v) is 4.74. The molecule has 0 radical (unpaired) electrons. The molecule has 0 saturated heterocycles. The van der Waals surface area contributed by atoms with Crippen LogP contribution in [-0.2, 0) is 5.41 Å². The Balaban J connectivity index is 1.81. The number of fused-ring (bicyclic) bond motifs is 2. The SMILES string of the molecule is C=C/C=C\C1=C(C)c2ccc(-c3ccc4cc(I)ccc4c3)cc2C1(C)C. The maximum atomic E-state index is 3.82. The van der Waals surface area contributed by atoms with E-state index in [0.717, 1.165) is 0 Å². The maximum absolute atomic E-state index is 3.82. The molecule has 0 aromatic heterocycles. The molecular weight excluding hydrogens is 439 g/mol. The van der Waals surface area contributed by atoms with Crippen molar-refractivity contribution in [2.45, 2.75) is 26.2 Å². The van der Waals surface area contributed by atoms with E-state index in [1.165, 1.54) is 47.7 Å². The van der Waals surface area contributed by atoms with Gasteiger partial charge in [0.1, 0.15) is 0 Å². The first-order valence-electron chi connectivity index (χ1n) is 9.27. The Morgan fingerprint density at radius 2 is 1.56 bits per heavy atom. The molecule has 3 aromatic carbocycles. The van der Waals surface area contributed by atoms with Gasteiger partial charge in [-0.25, -0.2) is 0 Å². The fraction of sp³-hybridized carbons (Fsp3) is 0.154. The van der Waals surface area contributed by atoms with E-state index in [2.05, 4.69) is 111 Å². The summed E-state index contributed by atoms with van der Waals surface area (Å²) in [6.07, 6.45) is 6.10. The number of hydrogen-bond donors (Lipinski definition) is 0. The van der Waals surface area contributed by atoms with Gasteiger partial charge in [-0.15, -0.1) is 0 Å². The molecule has 0 fully saturated rings. The molecule has 1 aliphatic rings. The first-order chi connectivity index (χ1) is 12.9. The summed E-state index contributed by atoms with van der Waals surface area (Å²) in [5.74, 6) is 0. The van der Waals surface area contributed by atoms with Gasteiger partial charge in [-0.3, -0.25) is 0 Å². The third-order valence-electron chi connectivity index (χ3n) is 5.71. The molecule has 0 bridgehead atoms. The Labute approximate surface area is 175 Å². The third kappa shape index (κ3) is 3.08. The van der Waals surface area contributed by atoms with Gasteiger partial charge in [-0.2, -0.15) is 0 Å². The van der Waals surface area contributed by atoms with E-state index in [9.17, 15) is 0 Å². The van der Waals surface area contributed by atoms with Crippen molar-refractivity contribution in [3.63, 3.8) is 0 Å². The zero-order chi connectivity index (χ0) is 19.2. The Morgan fingerprint density at radius 1 is 0.889 bits per heavy atom. The Kier molecular flexibility index (Phi) is 4.59. The zero-order valence-electron chi connectivity index (χ0n) is 16.0. The summed E-state index contributed by atoms with van der Waals surface area (Å²) in [6.45, 7) is 10.7. The molecule has 0 N–H and O–H groups in total. The van der Waals surface area contributed by atoms with E-state index in [1.807, 2.05) is 12.2 Å². The van der Waals surface area contributed by atoms with Crippen molar-refractivity contribution in [2.75, 3.05) is 0 Å². The van der Waals surface area contributed by atoms with Crippen LogP contribution in [0.2, 0.25) is 0 Å². The van der Waals surface area contributed by atoms with Gasteiger partial charge in [0.05, 0.1) is 0 Å². The monoisotopic (exact) mass is 462 g/mol. The molecule has 0 heterocycles. The fourth-order valence-electron chi connectivity index (χ4n) is 4.22. The van der Waals surface area contributed by atoms with Gasteiger partial charge in [0, 0.05) is 8.99 Å². The molecule has 0 aliphatic heterocycles. The molecule has 1 heteroatoms. The van der Waals surface area contributed by atoms with Crippen LogP contribution in [0, 0.1) is 3.57 Å². The van der Waals surface area contributed by atoms with Crippen LogP contribution in [0.1, 0.15) is 31.9 Å². The van der Waals surface area contributed by atoms with Gasteiger partial charge < -0.3 is 0 Å². The molecule has 134 valence electrons. The molecule has 27 heavy (non-hydrogen) atoms. The molecule has 0 atom stereocenters. The van der Waals surface area contributed by atoms with Crippen molar-refractivity contribution in [3.05, 3.63) is 99.7 Å². The summed E-state index contributed by atoms with van der Waals surface area (Å²) < 4.78 is 1.27. The van der Waals surface area contributed by atoms with Crippen LogP contribution in [0.15, 0.2) is 85.0 Å². The van der Waals surface area contributed by atoms with Crippen molar-refractivity contribution in [1.29, 1.82) is 0 Å². The Bertz CT molecular complexity index is 1130. The highest BCUT2D eigenvalue weighted by atomic mass is 127. The lowest BCUT2D eigenvalue weighted by Gasteiger charge is -2.23. The normalized spacial score (nSPS) is 15.6. The first-order valence-corrected chi connectivity index (χ1v) is 10.3. The topological polar surface area (TPSA) is 0 Å². The Morgan fingerprint density at radius 3 is 2.33 bits per heavy atom. The number of halogens is 1. The number of hydrogen-bond acceptors (Lipinski definition) is 0. The van der Waals surface area contributed by atoms with Gasteiger partial charge in [-0.1, -0.05) is 69.0 Å². The predicted octanol–water partition coefficient (Wildman–Crippen LogP) is 7.92. The molecule has 4 rings (SSSR count). The molecule has 0 spiro atoms. The van der Waals surface area contributed by atoms with Crippen molar-refractivity contribution in [3.8, 4) is 11.1 Å². The quantitative estimate of drug-likeness (QED) is 0.274. The molecule has 0 amide bonds. The van der Waals surface area contributed by atoms with Crippen LogP contribution in [0.5, 0.6) is 0 Å². The summed E-state index contributed by atoms with van der Waals surface area (Å²) in [5, 5.41) is 2.58. The second-order valence-corrected chi connectivity index (χ2v) is 8.97. The molecule has 0 nitrogen and oxygen atoms in total. The highest BCUT2D eigenvalue weighted by Gasteiger charge is 2.34. The van der Waals surface area contributed by atoms with Crippen molar-refractivity contribution in [2.24, 2.45) is 0 Å². The van der Waals surface area contributed by atoms with Crippen molar-refractivity contribution >= 4 is 38.9 Å². The summed E-state index contributed by atoms with van der Waals surface area (Å²) in [7, 11) is 0. The van der Waals surface area contributed by atoms with Crippen LogP contribution in [0.4, 0.5) is 0 Å². The minimum Gasteiger partial charge on any atom is -0.0991 e. The maximum Gasteiger partial charge on any atom is 0.0155 e. The van der Waals surface area contributed by atoms with Crippen molar-refractivity contribution < 1.29 is 0 Å². The van der Waals surface area contributed by atoms with E-state index < -0.39 is 0 Å². The van der Waals surface area contributed by atoms with Gasteiger partial charge in [0.25, 0.3) is 0 Å². The lowest BCUT2D eigenvalue weighted by Crippen LogP contribution is -2.16. The summed E-state index contributed by atoms with van der Waals surface area (Å²) in [5.41, 5.74) is 8.07. The smallest absolute Gasteiger partial charge is 0.0155 e. The summed E-state index contributed by atoms with van der Waals surface area (Å²) >= 11 is 2.37. The number of allylic oxidation sites excluding steroid dienone is 5. The van der Waals surface area contributed by atoms with Crippen molar-refractivity contribution in [1.82, 2.24) is 0 Å². The number of benzene rings is 3. The van der Waals surface area contributed by atoms with Crippen LogP contribution < -0.4 is 0 Å². The zero-order valence-corrected chi connectivity index (χ0v) is 18.2. The van der Waals surface area contributed by atoms with Crippen LogP contribution in [-0.4, -0.2) is 0 Å². The lowest BCUT2D eigenvalue weighted by atomic mass is 9.80. The van der Waals surface area contributed by atoms with E-state index in [0.29, 0.717) is 0 Å². The molecule has 0 saturated carbocycles. The minimum absolute atomic E-state index is 0.00188.